The number of halogens is 1. The van der Waals surface area contributed by atoms with Gasteiger partial charge in [0, 0.05) is 87.0 Å². The highest BCUT2D eigenvalue weighted by Crippen LogP contribution is 2.40. The molecule has 32 nitrogen and oxygen atoms in total. The van der Waals surface area contributed by atoms with E-state index in [1.165, 1.54) is 64.0 Å². The zero-order chi connectivity index (χ0) is 82.0. The summed E-state index contributed by atoms with van der Waals surface area (Å²) in [4.78, 5) is 191. The van der Waals surface area contributed by atoms with Gasteiger partial charge in [-0.1, -0.05) is 65.8 Å². The van der Waals surface area contributed by atoms with Crippen molar-refractivity contribution < 1.29 is 103 Å². The maximum atomic E-state index is 14.9. The van der Waals surface area contributed by atoms with Crippen LogP contribution < -0.4 is 52.3 Å². The molecule has 111 heavy (non-hydrogen) atoms. The molecule has 34 heteroatoms. The van der Waals surface area contributed by atoms with E-state index in [0.29, 0.717) is 40.9 Å². The fraction of sp³-hybridized carbons (Fsp3) is 0.558. The number of nitrogens with zero attached hydrogens (tertiary/aromatic N) is 4. The fourth-order valence-corrected chi connectivity index (χ4v) is 14.8. The number of aryl methyl sites for hydroxylation is 1. The van der Waals surface area contributed by atoms with Crippen LogP contribution in [0.1, 0.15) is 153 Å². The van der Waals surface area contributed by atoms with E-state index in [9.17, 15) is 84.8 Å². The molecule has 3 fully saturated rings. The lowest BCUT2D eigenvalue weighted by atomic mass is 9.90. The number of guanidine groups is 1. The van der Waals surface area contributed by atoms with Crippen LogP contribution in [0, 0.1) is 36.5 Å². The number of methoxy groups -OCH3 is 3. The number of β-amino-alcohol motifs (C(OH)–C–C–N with tert-alkyl or cyclic N) is 1. The van der Waals surface area contributed by atoms with Crippen LogP contribution in [0.15, 0.2) is 75.0 Å². The number of likely N-dealkylation sites (tertiary alicyclic amines) is 3. The Balaban J connectivity index is 1.03. The molecule has 3 saturated heterocycles. The van der Waals surface area contributed by atoms with E-state index in [-0.39, 0.29) is 118 Å². The van der Waals surface area contributed by atoms with Crippen molar-refractivity contribution in [2.75, 3.05) is 47.5 Å². The third-order valence-corrected chi connectivity index (χ3v) is 21.2. The Hall–Kier alpha value is -10.4. The summed E-state index contributed by atoms with van der Waals surface area (Å²) in [5.74, 6) is -13.6. The van der Waals surface area contributed by atoms with Crippen LogP contribution >= 0.6 is 0 Å². The van der Waals surface area contributed by atoms with Gasteiger partial charge in [0.1, 0.15) is 29.9 Å². The standard InChI is InChI=1S/C77H104FN11O21S/c1-40(2)31-53(84-73(101)66-44(7)52-26-27-63(108-10)68(109-11)67(52)110-66)60(92)32-42(5)69(97)85-56(35-46-18-22-50(107-9)23-19-46)75(103)88-30-14-17-58(88)71(99)83-55(38-64(95)96)61(93)33-43(6)70(98)86-65(41(3)4)76(104)89-39-49(91)37-59(89)72(100)82-54(34-47-20-24-51(25-21-47)111(78,105)106)62(94)36-48(15-12-28-81-77(79)80)74(102)87-29-13-16-57(87)45(8)90/h18-27,40-43,48-49,53-59,65,91H,12-17,28-39H2,1-11H3,(H,82,100)(H,83,99)(H,84,101)(H,85,97)(H,86,98)(H,95,96)(H4,79,80,81)/t42-,43-,48-,49-,53+,54+,55+,56+,57+,58+,59+,65+/m1/s1. The van der Waals surface area contributed by atoms with Gasteiger partial charge in [-0.2, -0.15) is 8.42 Å². The maximum absolute atomic E-state index is 14.9. The van der Waals surface area contributed by atoms with E-state index in [1.807, 2.05) is 13.8 Å². The number of amides is 8. The van der Waals surface area contributed by atoms with E-state index < -0.39 is 190 Å². The monoisotopic (exact) mass is 1570 g/mol. The van der Waals surface area contributed by atoms with E-state index in [0.717, 1.165) is 17.0 Å². The summed E-state index contributed by atoms with van der Waals surface area (Å²) in [6.07, 6.45) is -3.00. The quantitative estimate of drug-likeness (QED) is 0.0133. The van der Waals surface area contributed by atoms with Crippen molar-refractivity contribution in [2.24, 2.45) is 46.0 Å². The molecular formula is C77H104FN11O21S. The SMILES string of the molecule is COc1ccc(C[C@H](NC(=O)[C@H](C)CC(=O)[C@H](CC(C)C)NC(=O)c2oc3c(OC)c(OC)ccc3c2C)C(=O)N2CCC[C@H]2C(=O)N[C@@H](CC(=O)O)C(=O)C[C@@H](C)C(=O)N[C@H](C(=O)N2C[C@H](O)C[C@H]2C(=O)N[C@@H](Cc2ccc(S(=O)(=O)F)cc2)C(=O)C[C@@H](CCCN=C(N)N)C(=O)N2CCC[C@H]2C(C)=O)C(C)C)cc1. The first-order chi connectivity index (χ1) is 52.3. The third-order valence-electron chi connectivity index (χ3n) is 20.4. The number of fused-ring (bicyclic) bond motifs is 1. The van der Waals surface area contributed by atoms with Gasteiger partial charge in [0.15, 0.2) is 46.2 Å². The predicted octanol–water partition coefficient (Wildman–Crippen LogP) is 3.48. The average Bonchev–Trinajstić information content (AvgIpc) is 1.62. The molecule has 8 amide bonds. The lowest BCUT2D eigenvalue weighted by Gasteiger charge is -2.32. The second-order valence-electron chi connectivity index (χ2n) is 29.6. The van der Waals surface area contributed by atoms with Gasteiger partial charge in [-0.25, -0.2) is 0 Å². The van der Waals surface area contributed by atoms with Crippen molar-refractivity contribution in [3.8, 4) is 17.2 Å². The summed E-state index contributed by atoms with van der Waals surface area (Å²) in [5.41, 5.74) is 12.6. The summed E-state index contributed by atoms with van der Waals surface area (Å²) < 4.78 is 59.8. The van der Waals surface area contributed by atoms with Crippen LogP contribution in [0.5, 0.6) is 17.2 Å². The first kappa shape index (κ1) is 87.8. The number of aliphatic carboxylic acids is 1. The highest BCUT2D eigenvalue weighted by Gasteiger charge is 2.46. The van der Waals surface area contributed by atoms with Gasteiger partial charge in [0.25, 0.3) is 5.91 Å². The number of furan rings is 1. The summed E-state index contributed by atoms with van der Waals surface area (Å²) >= 11 is 0. The molecule has 3 aromatic carbocycles. The number of nitrogens with two attached hydrogens (primary N) is 2. The molecule has 0 radical (unpaired) electrons. The number of aliphatic hydroxyl groups excluding tert-OH is 1. The Kier molecular flexibility index (Phi) is 31.3. The number of carbonyl (C=O) groups excluding carboxylic acids is 12. The first-order valence-electron chi connectivity index (χ1n) is 37.1. The van der Waals surface area contributed by atoms with Gasteiger partial charge in [-0.05, 0) is 125 Å². The third kappa shape index (κ3) is 23.4. The van der Waals surface area contributed by atoms with Gasteiger partial charge >= 0.3 is 16.2 Å². The van der Waals surface area contributed by atoms with Crippen molar-refractivity contribution in [3.63, 3.8) is 0 Å². The van der Waals surface area contributed by atoms with E-state index in [4.69, 9.17) is 30.1 Å². The number of ether oxygens (including phenoxy) is 3. The molecule has 3 aliphatic rings. The Morgan fingerprint density at radius 3 is 1.76 bits per heavy atom. The van der Waals surface area contributed by atoms with Crippen molar-refractivity contribution >= 4 is 104 Å². The second kappa shape index (κ2) is 39.5. The van der Waals surface area contributed by atoms with Gasteiger partial charge in [0.2, 0.25) is 47.1 Å². The van der Waals surface area contributed by atoms with Crippen LogP contribution in [0.3, 0.4) is 0 Å². The minimum absolute atomic E-state index is 0.0121. The lowest BCUT2D eigenvalue weighted by Crippen LogP contribution is -2.57. The zero-order valence-corrected chi connectivity index (χ0v) is 65.3. The molecular weight excluding hydrogens is 1470 g/mol. The molecule has 606 valence electrons. The number of carbonyl (C=O) groups is 13. The molecule has 3 aliphatic heterocycles. The molecule has 1 aromatic heterocycles. The Bertz CT molecular complexity index is 4240. The molecule has 12 atom stereocenters. The number of benzene rings is 3. The van der Waals surface area contributed by atoms with Gasteiger partial charge in [-0.3, -0.25) is 67.3 Å². The summed E-state index contributed by atoms with van der Waals surface area (Å²) in [5, 5.41) is 35.2. The van der Waals surface area contributed by atoms with Crippen LogP contribution in [-0.4, -0.2) is 218 Å². The predicted molar refractivity (Wildman–Crippen MR) is 402 cm³/mol. The molecule has 0 spiro atoms. The normalized spacial score (nSPS) is 18.5. The molecule has 4 heterocycles. The van der Waals surface area contributed by atoms with Crippen molar-refractivity contribution in [3.05, 3.63) is 83.1 Å². The number of nitrogens with one attached hydrogen (secondary N) is 5. The van der Waals surface area contributed by atoms with Gasteiger partial charge < -0.3 is 81.6 Å². The number of Topliss-reactive ketones (excluding diaryl/α,β-unsaturated/α-hetero) is 4. The minimum atomic E-state index is -5.15. The lowest BCUT2D eigenvalue weighted by molar-refractivity contribution is -0.144. The van der Waals surface area contributed by atoms with Crippen LogP contribution in [-0.2, 0) is 80.6 Å². The van der Waals surface area contributed by atoms with Gasteiger partial charge in [-0.15, -0.1) is 3.89 Å². The zero-order valence-electron chi connectivity index (χ0n) is 64.5. The summed E-state index contributed by atoms with van der Waals surface area (Å²) in [7, 11) is -0.806. The number of hydrogen-bond donors (Lipinski definition) is 9. The van der Waals surface area contributed by atoms with Crippen LogP contribution in [0.2, 0.25) is 0 Å². The fourth-order valence-electron chi connectivity index (χ4n) is 14.3. The van der Waals surface area contributed by atoms with E-state index in [2.05, 4.69) is 31.6 Å². The topological polar surface area (TPSA) is 472 Å². The van der Waals surface area contributed by atoms with Crippen LogP contribution in [0.4, 0.5) is 3.89 Å². The first-order valence-corrected chi connectivity index (χ1v) is 38.5. The highest BCUT2D eigenvalue weighted by molar-refractivity contribution is 7.86. The Morgan fingerprint density at radius 2 is 1.20 bits per heavy atom. The molecule has 0 aliphatic carbocycles. The van der Waals surface area contributed by atoms with Crippen LogP contribution in [0.25, 0.3) is 11.0 Å². The Labute approximate surface area is 644 Å². The van der Waals surface area contributed by atoms with Gasteiger partial charge in [0.05, 0.1) is 62.9 Å². The largest absolute Gasteiger partial charge is 0.497 e. The number of aliphatic hydroxyl groups is 1. The molecule has 7 rings (SSSR count). The highest BCUT2D eigenvalue weighted by atomic mass is 32.3. The molecule has 0 bridgehead atoms. The number of rotatable bonds is 40. The number of carboxylic acid groups (broad SMARTS) is 1. The smallest absolute Gasteiger partial charge is 0.332 e. The van der Waals surface area contributed by atoms with E-state index in [1.54, 1.807) is 57.2 Å². The summed E-state index contributed by atoms with van der Waals surface area (Å²) in [6.45, 7) is 12.5. The number of carboxylic acids is 1. The second-order valence-corrected chi connectivity index (χ2v) is 30.9. The average molecular weight is 1570 g/mol. The minimum Gasteiger partial charge on any atom is -0.497 e. The molecule has 11 N–H and O–H groups in total. The number of aliphatic imine (C=N–C) groups is 1. The Morgan fingerprint density at radius 1 is 0.640 bits per heavy atom. The number of hydrogen-bond acceptors (Lipinski definition) is 21. The van der Waals surface area contributed by atoms with Crippen molar-refractivity contribution in [2.45, 2.75) is 205 Å². The summed E-state index contributed by atoms with van der Waals surface area (Å²) in [6, 6.07) is 3.65. The van der Waals surface area contributed by atoms with E-state index >= 15 is 0 Å². The van der Waals surface area contributed by atoms with Crippen molar-refractivity contribution in [1.29, 1.82) is 0 Å². The number of ketones is 4. The molecule has 0 unspecified atom stereocenters. The maximum Gasteiger partial charge on any atom is 0.332 e. The van der Waals surface area contributed by atoms with Crippen molar-refractivity contribution in [1.82, 2.24) is 41.3 Å². The molecule has 0 saturated carbocycles. The molecule has 4 aromatic rings.